The highest BCUT2D eigenvalue weighted by Gasteiger charge is 2.07. The Kier molecular flexibility index (Phi) is 4.19. The summed E-state index contributed by atoms with van der Waals surface area (Å²) in [4.78, 5) is 4.33. The predicted molar refractivity (Wildman–Crippen MR) is 73.0 cm³/mol. The number of imidazole rings is 1. The van der Waals surface area contributed by atoms with E-state index < -0.39 is 0 Å². The van der Waals surface area contributed by atoms with Crippen molar-refractivity contribution in [3.63, 3.8) is 0 Å². The number of benzene rings is 1. The molecule has 4 nitrogen and oxygen atoms in total. The van der Waals surface area contributed by atoms with Crippen LogP contribution in [0.1, 0.15) is 31.2 Å². The summed E-state index contributed by atoms with van der Waals surface area (Å²) >= 11 is 0. The molecule has 0 unspecified atom stereocenters. The van der Waals surface area contributed by atoms with Gasteiger partial charge in [0.05, 0.1) is 12.1 Å². The Labute approximate surface area is 113 Å². The van der Waals surface area contributed by atoms with Gasteiger partial charge >= 0.3 is 0 Å². The second kappa shape index (κ2) is 6.05. The molecule has 2 rings (SSSR count). The van der Waals surface area contributed by atoms with Crippen LogP contribution in [-0.2, 0) is 6.54 Å². The van der Waals surface area contributed by atoms with Crippen molar-refractivity contribution >= 4 is 0 Å². The lowest BCUT2D eigenvalue weighted by Gasteiger charge is -2.11. The van der Waals surface area contributed by atoms with Crippen LogP contribution in [0, 0.1) is 11.3 Å². The van der Waals surface area contributed by atoms with E-state index in [9.17, 15) is 0 Å². The lowest BCUT2D eigenvalue weighted by Crippen LogP contribution is -2.11. The number of rotatable bonds is 5. The molecule has 2 aromatic rings. The summed E-state index contributed by atoms with van der Waals surface area (Å²) in [5.74, 6) is 2.08. The van der Waals surface area contributed by atoms with Crippen LogP contribution in [0.2, 0.25) is 0 Å². The third-order valence-electron chi connectivity index (χ3n) is 2.86. The Bertz CT molecular complexity index is 581. The zero-order valence-corrected chi connectivity index (χ0v) is 11.2. The molecule has 0 spiro atoms. The molecule has 0 aliphatic carbocycles. The van der Waals surface area contributed by atoms with E-state index in [1.54, 1.807) is 12.3 Å². The molecule has 4 heteroatoms. The van der Waals surface area contributed by atoms with Gasteiger partial charge in [-0.25, -0.2) is 4.98 Å². The maximum atomic E-state index is 8.97. The summed E-state index contributed by atoms with van der Waals surface area (Å²) in [6, 6.07) is 9.40. The van der Waals surface area contributed by atoms with Gasteiger partial charge in [-0.05, 0) is 12.1 Å². The van der Waals surface area contributed by atoms with Gasteiger partial charge in [0.2, 0.25) is 0 Å². The largest absolute Gasteiger partial charge is 0.490 e. The Morgan fingerprint density at radius 3 is 2.89 bits per heavy atom. The van der Waals surface area contributed by atoms with Gasteiger partial charge in [-0.1, -0.05) is 26.0 Å². The Morgan fingerprint density at radius 1 is 1.37 bits per heavy atom. The molecule has 1 aromatic carbocycles. The quantitative estimate of drug-likeness (QED) is 0.825. The van der Waals surface area contributed by atoms with Crippen LogP contribution in [0.4, 0.5) is 0 Å². The van der Waals surface area contributed by atoms with Crippen molar-refractivity contribution in [1.82, 2.24) is 9.55 Å². The number of hydrogen-bond acceptors (Lipinski definition) is 3. The molecule has 0 N–H and O–H groups in total. The number of para-hydroxylation sites is 1. The number of aromatic nitrogens is 2. The van der Waals surface area contributed by atoms with Crippen molar-refractivity contribution in [2.24, 2.45) is 0 Å². The van der Waals surface area contributed by atoms with Crippen molar-refractivity contribution in [1.29, 1.82) is 5.26 Å². The molecule has 1 aromatic heterocycles. The van der Waals surface area contributed by atoms with Crippen LogP contribution in [0.5, 0.6) is 5.75 Å². The second-order valence-electron chi connectivity index (χ2n) is 4.59. The normalized spacial score (nSPS) is 10.4. The van der Waals surface area contributed by atoms with E-state index in [1.165, 1.54) is 0 Å². The van der Waals surface area contributed by atoms with E-state index >= 15 is 0 Å². The highest BCUT2D eigenvalue weighted by molar-refractivity contribution is 5.42. The number of nitriles is 1. The van der Waals surface area contributed by atoms with Crippen molar-refractivity contribution in [3.8, 4) is 11.8 Å². The minimum absolute atomic E-state index is 0.390. The number of ether oxygens (including phenoxy) is 1. The van der Waals surface area contributed by atoms with E-state index in [-0.39, 0.29) is 0 Å². The van der Waals surface area contributed by atoms with Gasteiger partial charge in [-0.2, -0.15) is 5.26 Å². The van der Waals surface area contributed by atoms with Crippen LogP contribution in [0.3, 0.4) is 0 Å². The topological polar surface area (TPSA) is 50.8 Å². The summed E-state index contributed by atoms with van der Waals surface area (Å²) < 4.78 is 7.75. The molecule has 1 heterocycles. The molecule has 0 fully saturated rings. The summed E-state index contributed by atoms with van der Waals surface area (Å²) in [5, 5.41) is 8.97. The maximum absolute atomic E-state index is 8.97. The summed E-state index contributed by atoms with van der Waals surface area (Å²) in [7, 11) is 0. The van der Waals surface area contributed by atoms with Crippen molar-refractivity contribution in [3.05, 3.63) is 48.0 Å². The van der Waals surface area contributed by atoms with Crippen molar-refractivity contribution in [2.45, 2.75) is 26.3 Å². The summed E-state index contributed by atoms with van der Waals surface area (Å²) in [6.07, 6.45) is 3.76. The highest BCUT2D eigenvalue weighted by Crippen LogP contribution is 2.17. The number of hydrogen-bond donors (Lipinski definition) is 0. The molecule has 0 radical (unpaired) electrons. The maximum Gasteiger partial charge on any atom is 0.137 e. The predicted octanol–water partition coefficient (Wildman–Crippen LogP) is 2.96. The molecule has 0 bridgehead atoms. The van der Waals surface area contributed by atoms with Gasteiger partial charge in [0.15, 0.2) is 0 Å². The van der Waals surface area contributed by atoms with Gasteiger partial charge in [0.1, 0.15) is 24.3 Å². The highest BCUT2D eigenvalue weighted by atomic mass is 16.5. The van der Waals surface area contributed by atoms with Crippen molar-refractivity contribution < 1.29 is 4.74 Å². The average molecular weight is 255 g/mol. The molecule has 0 saturated carbocycles. The molecule has 98 valence electrons. The van der Waals surface area contributed by atoms with Gasteiger partial charge < -0.3 is 9.30 Å². The molecular formula is C15H17N3O. The lowest BCUT2D eigenvalue weighted by atomic mass is 10.2. The standard InChI is InChI=1S/C15H17N3O/c1-12(2)15-17-7-8-18(15)9-10-19-14-6-4-3-5-13(14)11-16/h3-8,12H,9-10H2,1-2H3. The average Bonchev–Trinajstić information content (AvgIpc) is 2.88. The van der Waals surface area contributed by atoms with E-state index in [4.69, 9.17) is 10.00 Å². The van der Waals surface area contributed by atoms with Crippen LogP contribution < -0.4 is 4.74 Å². The molecule has 0 saturated heterocycles. The van der Waals surface area contributed by atoms with E-state index in [2.05, 4.69) is 29.5 Å². The summed E-state index contributed by atoms with van der Waals surface area (Å²) in [6.45, 7) is 5.48. The zero-order chi connectivity index (χ0) is 13.7. The fourth-order valence-corrected chi connectivity index (χ4v) is 1.95. The SMILES string of the molecule is CC(C)c1nccn1CCOc1ccccc1C#N. The third kappa shape index (κ3) is 3.14. The van der Waals surface area contributed by atoms with E-state index in [1.807, 2.05) is 24.4 Å². The molecular weight excluding hydrogens is 238 g/mol. The van der Waals surface area contributed by atoms with Gasteiger partial charge in [0.25, 0.3) is 0 Å². The zero-order valence-electron chi connectivity index (χ0n) is 11.2. The fourth-order valence-electron chi connectivity index (χ4n) is 1.95. The smallest absolute Gasteiger partial charge is 0.137 e. The Morgan fingerprint density at radius 2 is 2.16 bits per heavy atom. The van der Waals surface area contributed by atoms with Crippen LogP contribution in [0.25, 0.3) is 0 Å². The lowest BCUT2D eigenvalue weighted by molar-refractivity contribution is 0.295. The van der Waals surface area contributed by atoms with Crippen LogP contribution in [0.15, 0.2) is 36.7 Å². The minimum Gasteiger partial charge on any atom is -0.490 e. The van der Waals surface area contributed by atoms with Crippen molar-refractivity contribution in [2.75, 3.05) is 6.61 Å². The first kappa shape index (κ1) is 13.2. The first-order chi connectivity index (χ1) is 9.22. The molecule has 0 aliphatic heterocycles. The van der Waals surface area contributed by atoms with E-state index in [0.717, 1.165) is 12.4 Å². The first-order valence-electron chi connectivity index (χ1n) is 6.35. The first-order valence-corrected chi connectivity index (χ1v) is 6.35. The number of nitrogens with zero attached hydrogens (tertiary/aromatic N) is 3. The minimum atomic E-state index is 0.390. The second-order valence-corrected chi connectivity index (χ2v) is 4.59. The Hall–Kier alpha value is -2.28. The van der Waals surface area contributed by atoms with Gasteiger partial charge in [-0.3, -0.25) is 0 Å². The van der Waals surface area contributed by atoms with Crippen LogP contribution in [-0.4, -0.2) is 16.2 Å². The summed E-state index contributed by atoms with van der Waals surface area (Å²) in [5.41, 5.74) is 0.567. The monoisotopic (exact) mass is 255 g/mol. The molecule has 0 amide bonds. The fraction of sp³-hybridized carbons (Fsp3) is 0.333. The van der Waals surface area contributed by atoms with Crippen LogP contribution >= 0.6 is 0 Å². The molecule has 0 atom stereocenters. The Balaban J connectivity index is 1.97. The van der Waals surface area contributed by atoms with E-state index in [0.29, 0.717) is 23.8 Å². The molecule has 19 heavy (non-hydrogen) atoms. The third-order valence-corrected chi connectivity index (χ3v) is 2.86. The van der Waals surface area contributed by atoms with Gasteiger partial charge in [0, 0.05) is 18.3 Å². The van der Waals surface area contributed by atoms with Gasteiger partial charge in [-0.15, -0.1) is 0 Å². The molecule has 0 aliphatic rings.